The van der Waals surface area contributed by atoms with Crippen molar-refractivity contribution < 1.29 is 18.7 Å². The Kier molecular flexibility index (Phi) is 3.36. The number of aliphatic hydroxyl groups is 1. The standard InChI is InChI=1S/C9H14F2O2/c10-9(11)4-2-1-3-7(9)5-8(13)6-12/h6-8,13H,1-5H2. The van der Waals surface area contributed by atoms with Crippen LogP contribution >= 0.6 is 0 Å². The van der Waals surface area contributed by atoms with Crippen LogP contribution in [0.25, 0.3) is 0 Å². The van der Waals surface area contributed by atoms with E-state index >= 15 is 0 Å². The van der Waals surface area contributed by atoms with Crippen LogP contribution in [0, 0.1) is 5.92 Å². The molecule has 0 heterocycles. The monoisotopic (exact) mass is 192 g/mol. The lowest BCUT2D eigenvalue weighted by Gasteiger charge is -2.31. The number of carbonyl (C=O) groups is 1. The molecule has 13 heavy (non-hydrogen) atoms. The van der Waals surface area contributed by atoms with Gasteiger partial charge in [-0.1, -0.05) is 6.42 Å². The van der Waals surface area contributed by atoms with Crippen LogP contribution in [-0.4, -0.2) is 23.4 Å². The van der Waals surface area contributed by atoms with E-state index < -0.39 is 17.9 Å². The van der Waals surface area contributed by atoms with Gasteiger partial charge in [0.15, 0.2) is 0 Å². The number of hydrogen-bond donors (Lipinski definition) is 1. The number of hydrogen-bond acceptors (Lipinski definition) is 2. The molecule has 0 saturated heterocycles. The number of aliphatic hydroxyl groups excluding tert-OH is 1. The van der Waals surface area contributed by atoms with Gasteiger partial charge in [-0.05, 0) is 19.3 Å². The Morgan fingerprint density at radius 2 is 2.23 bits per heavy atom. The zero-order valence-electron chi connectivity index (χ0n) is 7.38. The van der Waals surface area contributed by atoms with E-state index in [1.165, 1.54) is 0 Å². The van der Waals surface area contributed by atoms with Gasteiger partial charge in [-0.15, -0.1) is 0 Å². The summed E-state index contributed by atoms with van der Waals surface area (Å²) in [5.74, 6) is -3.51. The Balaban J connectivity index is 2.50. The highest BCUT2D eigenvalue weighted by Gasteiger charge is 2.41. The number of aldehydes is 1. The van der Waals surface area contributed by atoms with Gasteiger partial charge in [-0.25, -0.2) is 8.78 Å². The second-order valence-corrected chi connectivity index (χ2v) is 3.64. The lowest BCUT2D eigenvalue weighted by atomic mass is 9.82. The first kappa shape index (κ1) is 10.6. The fraction of sp³-hybridized carbons (Fsp3) is 0.889. The molecular weight excluding hydrogens is 178 g/mol. The van der Waals surface area contributed by atoms with Crippen molar-refractivity contribution in [1.82, 2.24) is 0 Å². The van der Waals surface area contributed by atoms with Crippen molar-refractivity contribution in [2.45, 2.75) is 44.1 Å². The molecule has 1 rings (SSSR count). The average Bonchev–Trinajstić information content (AvgIpc) is 2.08. The summed E-state index contributed by atoms with van der Waals surface area (Å²) in [6.07, 6.45) is 0.614. The first-order valence-corrected chi connectivity index (χ1v) is 4.57. The Morgan fingerprint density at radius 3 is 2.77 bits per heavy atom. The van der Waals surface area contributed by atoms with Crippen LogP contribution in [0.3, 0.4) is 0 Å². The SMILES string of the molecule is O=CC(O)CC1CCCCC1(F)F. The zero-order chi connectivity index (χ0) is 9.90. The maximum absolute atomic E-state index is 13.1. The van der Waals surface area contributed by atoms with Crippen LogP contribution in [0.2, 0.25) is 0 Å². The summed E-state index contributed by atoms with van der Waals surface area (Å²) >= 11 is 0. The molecule has 0 radical (unpaired) electrons. The van der Waals surface area contributed by atoms with Gasteiger partial charge in [-0.2, -0.15) is 0 Å². The molecule has 0 aliphatic heterocycles. The van der Waals surface area contributed by atoms with Crippen LogP contribution in [0.5, 0.6) is 0 Å². The zero-order valence-corrected chi connectivity index (χ0v) is 7.38. The Hall–Kier alpha value is -0.510. The van der Waals surface area contributed by atoms with Crippen molar-refractivity contribution in [3.05, 3.63) is 0 Å². The van der Waals surface area contributed by atoms with E-state index in [1.807, 2.05) is 0 Å². The van der Waals surface area contributed by atoms with Gasteiger partial charge >= 0.3 is 0 Å². The molecule has 0 amide bonds. The number of carbonyl (C=O) groups excluding carboxylic acids is 1. The third-order valence-electron chi connectivity index (χ3n) is 2.59. The van der Waals surface area contributed by atoms with E-state index in [2.05, 4.69) is 0 Å². The second-order valence-electron chi connectivity index (χ2n) is 3.64. The van der Waals surface area contributed by atoms with E-state index in [4.69, 9.17) is 5.11 Å². The summed E-state index contributed by atoms with van der Waals surface area (Å²) < 4.78 is 26.3. The summed E-state index contributed by atoms with van der Waals surface area (Å²) in [6.45, 7) is 0. The second kappa shape index (κ2) is 4.13. The highest BCUT2D eigenvalue weighted by Crippen LogP contribution is 2.40. The summed E-state index contributed by atoms with van der Waals surface area (Å²) in [5.41, 5.74) is 0. The molecule has 1 aliphatic rings. The minimum absolute atomic E-state index is 0.101. The highest BCUT2D eigenvalue weighted by atomic mass is 19.3. The smallest absolute Gasteiger partial charge is 0.251 e. The van der Waals surface area contributed by atoms with E-state index in [0.717, 1.165) is 6.42 Å². The lowest BCUT2D eigenvalue weighted by molar-refractivity contribution is -0.122. The van der Waals surface area contributed by atoms with Crippen molar-refractivity contribution in [3.8, 4) is 0 Å². The van der Waals surface area contributed by atoms with Gasteiger partial charge in [0.1, 0.15) is 12.4 Å². The topological polar surface area (TPSA) is 37.3 Å². The quantitative estimate of drug-likeness (QED) is 0.692. The summed E-state index contributed by atoms with van der Waals surface area (Å²) in [7, 11) is 0. The fourth-order valence-electron chi connectivity index (χ4n) is 1.80. The molecule has 0 aromatic rings. The molecule has 1 N–H and O–H groups in total. The van der Waals surface area contributed by atoms with Crippen LogP contribution < -0.4 is 0 Å². The molecule has 2 nitrogen and oxygen atoms in total. The minimum atomic E-state index is -2.69. The van der Waals surface area contributed by atoms with Crippen molar-refractivity contribution in [1.29, 1.82) is 0 Å². The van der Waals surface area contributed by atoms with Crippen molar-refractivity contribution in [3.63, 3.8) is 0 Å². The summed E-state index contributed by atoms with van der Waals surface area (Å²) in [4.78, 5) is 10.1. The van der Waals surface area contributed by atoms with Gasteiger partial charge in [0.05, 0.1) is 0 Å². The molecule has 1 fully saturated rings. The fourth-order valence-corrected chi connectivity index (χ4v) is 1.80. The third-order valence-corrected chi connectivity index (χ3v) is 2.59. The molecule has 1 saturated carbocycles. The molecule has 2 unspecified atom stereocenters. The molecule has 1 aliphatic carbocycles. The first-order chi connectivity index (χ1) is 6.06. The Morgan fingerprint density at radius 1 is 1.54 bits per heavy atom. The maximum Gasteiger partial charge on any atom is 0.251 e. The van der Waals surface area contributed by atoms with Gasteiger partial charge in [-0.3, -0.25) is 0 Å². The van der Waals surface area contributed by atoms with Crippen LogP contribution in [0.15, 0.2) is 0 Å². The molecule has 0 spiro atoms. The van der Waals surface area contributed by atoms with E-state index in [-0.39, 0.29) is 12.8 Å². The van der Waals surface area contributed by atoms with Gasteiger partial charge < -0.3 is 9.90 Å². The number of alkyl halides is 2. The maximum atomic E-state index is 13.1. The highest BCUT2D eigenvalue weighted by molar-refractivity contribution is 5.55. The Labute approximate surface area is 75.9 Å². The summed E-state index contributed by atoms with van der Waals surface area (Å²) in [5, 5.41) is 8.94. The summed E-state index contributed by atoms with van der Waals surface area (Å²) in [6, 6.07) is 0. The first-order valence-electron chi connectivity index (χ1n) is 4.57. The lowest BCUT2D eigenvalue weighted by Crippen LogP contribution is -2.34. The molecule has 0 bridgehead atoms. The van der Waals surface area contributed by atoms with Crippen LogP contribution in [0.1, 0.15) is 32.1 Å². The molecule has 0 aromatic heterocycles. The predicted octanol–water partition coefficient (Wildman–Crippen LogP) is 1.76. The number of halogens is 2. The van der Waals surface area contributed by atoms with Crippen LogP contribution in [0.4, 0.5) is 8.78 Å². The average molecular weight is 192 g/mol. The van der Waals surface area contributed by atoms with Crippen LogP contribution in [-0.2, 0) is 4.79 Å². The van der Waals surface area contributed by atoms with Gasteiger partial charge in [0, 0.05) is 12.3 Å². The minimum Gasteiger partial charge on any atom is -0.386 e. The third kappa shape index (κ3) is 2.72. The van der Waals surface area contributed by atoms with Crippen molar-refractivity contribution in [2.75, 3.05) is 0 Å². The molecule has 0 aromatic carbocycles. The molecule has 76 valence electrons. The number of rotatable bonds is 3. The molecule has 4 heteroatoms. The Bertz CT molecular complexity index is 182. The van der Waals surface area contributed by atoms with E-state index in [1.54, 1.807) is 0 Å². The largest absolute Gasteiger partial charge is 0.386 e. The van der Waals surface area contributed by atoms with Crippen molar-refractivity contribution >= 4 is 6.29 Å². The van der Waals surface area contributed by atoms with E-state index in [9.17, 15) is 13.6 Å². The van der Waals surface area contributed by atoms with E-state index in [0.29, 0.717) is 19.1 Å². The molecular formula is C9H14F2O2. The van der Waals surface area contributed by atoms with Gasteiger partial charge in [0.2, 0.25) is 0 Å². The predicted molar refractivity (Wildman–Crippen MR) is 43.6 cm³/mol. The molecule has 2 atom stereocenters. The normalized spacial score (nSPS) is 29.6. The van der Waals surface area contributed by atoms with Gasteiger partial charge in [0.25, 0.3) is 5.92 Å². The van der Waals surface area contributed by atoms with Crippen molar-refractivity contribution in [2.24, 2.45) is 5.92 Å².